The van der Waals surface area contributed by atoms with Crippen molar-refractivity contribution in [1.82, 2.24) is 0 Å². The van der Waals surface area contributed by atoms with Crippen LogP contribution in [0.2, 0.25) is 0 Å². The van der Waals surface area contributed by atoms with Gasteiger partial charge in [-0.15, -0.1) is 0 Å². The normalized spacial score (nSPS) is 10.4. The summed E-state index contributed by atoms with van der Waals surface area (Å²) in [4.78, 5) is 11.1. The minimum Gasteiger partial charge on any atom is -0.497 e. The van der Waals surface area contributed by atoms with Gasteiger partial charge < -0.3 is 19.6 Å². The smallest absolute Gasteiger partial charge is 0.293 e. The standard InChI is InChI=1S/C11H11NO4/c1-14-6-3-4-7-8(5-6)11(15-2)16-9(7)10(12)13/h3-5H,1-2H3,(H2,12,13). The molecule has 2 rings (SSSR count). The first-order chi connectivity index (χ1) is 7.67. The Balaban J connectivity index is 2.74. The molecule has 84 valence electrons. The molecule has 0 spiro atoms. The molecule has 1 aromatic heterocycles. The van der Waals surface area contributed by atoms with Crippen LogP contribution in [0.15, 0.2) is 22.6 Å². The molecule has 0 atom stereocenters. The minimum absolute atomic E-state index is 0.0921. The fraction of sp³-hybridized carbons (Fsp3) is 0.182. The van der Waals surface area contributed by atoms with Gasteiger partial charge in [-0.2, -0.15) is 0 Å². The van der Waals surface area contributed by atoms with Crippen molar-refractivity contribution in [2.45, 2.75) is 0 Å². The first kappa shape index (κ1) is 10.4. The molecule has 1 amide bonds. The van der Waals surface area contributed by atoms with E-state index in [1.165, 1.54) is 7.11 Å². The summed E-state index contributed by atoms with van der Waals surface area (Å²) in [6.45, 7) is 0. The Labute approximate surface area is 91.7 Å². The van der Waals surface area contributed by atoms with Crippen molar-refractivity contribution in [1.29, 1.82) is 0 Å². The molecule has 5 heteroatoms. The summed E-state index contributed by atoms with van der Waals surface area (Å²) >= 11 is 0. The number of benzene rings is 1. The van der Waals surface area contributed by atoms with Gasteiger partial charge in [0.25, 0.3) is 11.9 Å². The molecule has 16 heavy (non-hydrogen) atoms. The SMILES string of the molecule is COc1ccc2c(C(N)=O)oc(OC)c2c1. The zero-order chi connectivity index (χ0) is 11.7. The van der Waals surface area contributed by atoms with Crippen LogP contribution in [0.5, 0.6) is 11.7 Å². The van der Waals surface area contributed by atoms with Gasteiger partial charge >= 0.3 is 0 Å². The summed E-state index contributed by atoms with van der Waals surface area (Å²) in [6.07, 6.45) is 0. The second-order valence-electron chi connectivity index (χ2n) is 3.20. The predicted molar refractivity (Wildman–Crippen MR) is 57.8 cm³/mol. The number of carbonyl (C=O) groups excluding carboxylic acids is 1. The molecule has 0 aliphatic carbocycles. The minimum atomic E-state index is -0.626. The zero-order valence-electron chi connectivity index (χ0n) is 8.94. The molecule has 2 N–H and O–H groups in total. The maximum atomic E-state index is 11.1. The van der Waals surface area contributed by atoms with E-state index in [1.54, 1.807) is 25.3 Å². The molecule has 2 aromatic rings. The quantitative estimate of drug-likeness (QED) is 0.853. The van der Waals surface area contributed by atoms with Gasteiger partial charge in [-0.3, -0.25) is 4.79 Å². The van der Waals surface area contributed by atoms with E-state index in [1.807, 2.05) is 0 Å². The molecule has 0 aliphatic rings. The van der Waals surface area contributed by atoms with Crippen LogP contribution in [-0.4, -0.2) is 20.1 Å². The number of nitrogens with two attached hydrogens (primary N) is 1. The third-order valence-electron chi connectivity index (χ3n) is 2.30. The van der Waals surface area contributed by atoms with Crippen molar-refractivity contribution in [3.8, 4) is 11.7 Å². The van der Waals surface area contributed by atoms with E-state index >= 15 is 0 Å². The topological polar surface area (TPSA) is 74.7 Å². The number of furan rings is 1. The van der Waals surface area contributed by atoms with Gasteiger partial charge in [-0.05, 0) is 18.2 Å². The van der Waals surface area contributed by atoms with Crippen molar-refractivity contribution in [3.63, 3.8) is 0 Å². The molecule has 1 heterocycles. The summed E-state index contributed by atoms with van der Waals surface area (Å²) in [5.74, 6) is 0.373. The Morgan fingerprint density at radius 1 is 1.25 bits per heavy atom. The van der Waals surface area contributed by atoms with Gasteiger partial charge in [0, 0.05) is 5.39 Å². The number of hydrogen-bond acceptors (Lipinski definition) is 4. The first-order valence-corrected chi connectivity index (χ1v) is 4.61. The molecule has 0 radical (unpaired) electrons. The molecule has 0 saturated carbocycles. The zero-order valence-corrected chi connectivity index (χ0v) is 8.94. The van der Waals surface area contributed by atoms with Crippen LogP contribution >= 0.6 is 0 Å². The van der Waals surface area contributed by atoms with Crippen LogP contribution < -0.4 is 15.2 Å². The van der Waals surface area contributed by atoms with E-state index in [9.17, 15) is 4.79 Å². The fourth-order valence-electron chi connectivity index (χ4n) is 1.55. The van der Waals surface area contributed by atoms with Crippen LogP contribution in [0.3, 0.4) is 0 Å². The van der Waals surface area contributed by atoms with Gasteiger partial charge in [-0.25, -0.2) is 0 Å². The van der Waals surface area contributed by atoms with Crippen LogP contribution in [0.25, 0.3) is 10.8 Å². The Morgan fingerprint density at radius 2 is 2.00 bits per heavy atom. The van der Waals surface area contributed by atoms with Gasteiger partial charge in [0.2, 0.25) is 5.76 Å². The lowest BCUT2D eigenvalue weighted by molar-refractivity contribution is 0.0970. The van der Waals surface area contributed by atoms with Gasteiger partial charge in [0.15, 0.2) is 0 Å². The highest BCUT2D eigenvalue weighted by Gasteiger charge is 2.18. The fourth-order valence-corrected chi connectivity index (χ4v) is 1.55. The number of hydrogen-bond donors (Lipinski definition) is 1. The summed E-state index contributed by atoms with van der Waals surface area (Å²) < 4.78 is 15.3. The molecular weight excluding hydrogens is 210 g/mol. The van der Waals surface area contributed by atoms with E-state index in [-0.39, 0.29) is 11.7 Å². The second kappa shape index (κ2) is 3.77. The highest BCUT2D eigenvalue weighted by atomic mass is 16.6. The van der Waals surface area contributed by atoms with Gasteiger partial charge in [0.1, 0.15) is 5.75 Å². The third-order valence-corrected chi connectivity index (χ3v) is 2.30. The van der Waals surface area contributed by atoms with Crippen molar-refractivity contribution >= 4 is 16.7 Å². The average Bonchev–Trinajstić information content (AvgIpc) is 2.66. The molecule has 0 unspecified atom stereocenters. The highest BCUT2D eigenvalue weighted by molar-refractivity contribution is 6.06. The number of carbonyl (C=O) groups is 1. The molecule has 0 fully saturated rings. The average molecular weight is 221 g/mol. The highest BCUT2D eigenvalue weighted by Crippen LogP contribution is 2.34. The summed E-state index contributed by atoms with van der Waals surface area (Å²) in [7, 11) is 3.02. The van der Waals surface area contributed by atoms with Crippen LogP contribution in [0.1, 0.15) is 10.6 Å². The van der Waals surface area contributed by atoms with Crippen molar-refractivity contribution in [3.05, 3.63) is 24.0 Å². The van der Waals surface area contributed by atoms with E-state index in [4.69, 9.17) is 19.6 Å². The van der Waals surface area contributed by atoms with Crippen LogP contribution in [0, 0.1) is 0 Å². The number of ether oxygens (including phenoxy) is 2. The Morgan fingerprint density at radius 3 is 2.56 bits per heavy atom. The van der Waals surface area contributed by atoms with Crippen molar-refractivity contribution < 1.29 is 18.7 Å². The van der Waals surface area contributed by atoms with Crippen molar-refractivity contribution in [2.24, 2.45) is 5.73 Å². The summed E-state index contributed by atoms with van der Waals surface area (Å²) in [5, 5.41) is 1.28. The number of methoxy groups -OCH3 is 2. The first-order valence-electron chi connectivity index (χ1n) is 4.61. The van der Waals surface area contributed by atoms with E-state index < -0.39 is 5.91 Å². The Kier molecular flexibility index (Phi) is 2.44. The van der Waals surface area contributed by atoms with E-state index in [2.05, 4.69) is 0 Å². The largest absolute Gasteiger partial charge is 0.497 e. The van der Waals surface area contributed by atoms with Crippen LogP contribution in [-0.2, 0) is 0 Å². The summed E-state index contributed by atoms with van der Waals surface area (Å²) in [5.41, 5.74) is 5.20. The lowest BCUT2D eigenvalue weighted by Crippen LogP contribution is -2.09. The number of amides is 1. The molecule has 0 aliphatic heterocycles. The number of rotatable bonds is 3. The van der Waals surface area contributed by atoms with E-state index in [0.717, 1.165) is 0 Å². The second-order valence-corrected chi connectivity index (χ2v) is 3.20. The predicted octanol–water partition coefficient (Wildman–Crippen LogP) is 1.55. The summed E-state index contributed by atoms with van der Waals surface area (Å²) in [6, 6.07) is 5.16. The lowest BCUT2D eigenvalue weighted by atomic mass is 10.1. The number of primary amides is 1. The number of fused-ring (bicyclic) bond motifs is 1. The Bertz CT molecular complexity index is 544. The maximum absolute atomic E-state index is 11.1. The molecule has 1 aromatic carbocycles. The molecular formula is C11H11NO4. The molecule has 0 saturated heterocycles. The molecule has 0 bridgehead atoms. The van der Waals surface area contributed by atoms with Gasteiger partial charge in [0.05, 0.1) is 19.6 Å². The maximum Gasteiger partial charge on any atom is 0.293 e. The molecule has 5 nitrogen and oxygen atoms in total. The monoisotopic (exact) mass is 221 g/mol. The van der Waals surface area contributed by atoms with Crippen LogP contribution in [0.4, 0.5) is 0 Å². The van der Waals surface area contributed by atoms with E-state index in [0.29, 0.717) is 16.5 Å². The third kappa shape index (κ3) is 1.46. The Hall–Kier alpha value is -2.17. The van der Waals surface area contributed by atoms with Gasteiger partial charge in [-0.1, -0.05) is 0 Å². The lowest BCUT2D eigenvalue weighted by Gasteiger charge is -1.99. The van der Waals surface area contributed by atoms with Crippen molar-refractivity contribution in [2.75, 3.05) is 14.2 Å².